The fraction of sp³-hybridized carbons (Fsp3) is 0.273. The summed E-state index contributed by atoms with van der Waals surface area (Å²) in [4.78, 5) is 16.9. The van der Waals surface area contributed by atoms with E-state index in [2.05, 4.69) is 40.6 Å². The number of sulfonamides is 1. The fourth-order valence-corrected chi connectivity index (χ4v) is 5.21. The number of hydrogen-bond donors (Lipinski definition) is 1. The van der Waals surface area contributed by atoms with Gasteiger partial charge >= 0.3 is 6.01 Å². The Morgan fingerprint density at radius 3 is 2.54 bits per heavy atom. The molecule has 182 valence electrons. The van der Waals surface area contributed by atoms with Gasteiger partial charge in [0.25, 0.3) is 10.0 Å². The number of rotatable bonds is 9. The lowest BCUT2D eigenvalue weighted by atomic mass is 10.0. The number of halogens is 1. The molecule has 1 N–H and O–H groups in total. The summed E-state index contributed by atoms with van der Waals surface area (Å²) in [6.07, 6.45) is 5.63. The third-order valence-electron chi connectivity index (χ3n) is 5.38. The zero-order valence-corrected chi connectivity index (χ0v) is 20.9. The van der Waals surface area contributed by atoms with Crippen molar-refractivity contribution in [1.29, 1.82) is 0 Å². The summed E-state index contributed by atoms with van der Waals surface area (Å²) < 4.78 is 51.5. The van der Waals surface area contributed by atoms with Crippen LogP contribution in [0.2, 0.25) is 0 Å². The Hall–Kier alpha value is -3.45. The molecule has 11 nitrogen and oxygen atoms in total. The van der Waals surface area contributed by atoms with E-state index in [0.29, 0.717) is 34.0 Å². The number of allylic oxidation sites excluding steroid dienone is 2. The van der Waals surface area contributed by atoms with E-state index in [0.717, 1.165) is 16.5 Å². The van der Waals surface area contributed by atoms with Crippen LogP contribution >= 0.6 is 15.9 Å². The summed E-state index contributed by atoms with van der Waals surface area (Å²) in [5.41, 5.74) is 1.80. The average Bonchev–Trinajstić information content (AvgIpc) is 3.29. The molecule has 0 spiro atoms. The van der Waals surface area contributed by atoms with E-state index in [1.807, 2.05) is 0 Å². The molecule has 0 unspecified atom stereocenters. The molecule has 0 saturated carbocycles. The van der Waals surface area contributed by atoms with E-state index in [1.54, 1.807) is 37.5 Å². The Kier molecular flexibility index (Phi) is 6.43. The van der Waals surface area contributed by atoms with E-state index >= 15 is 0 Å². The molecule has 0 atom stereocenters. The first-order chi connectivity index (χ1) is 16.9. The quantitative estimate of drug-likeness (QED) is 0.385. The van der Waals surface area contributed by atoms with Gasteiger partial charge in [0.05, 0.1) is 14.9 Å². The van der Waals surface area contributed by atoms with Crippen molar-refractivity contribution < 1.29 is 27.4 Å². The number of nitrogens with one attached hydrogen (secondary N) is 1. The van der Waals surface area contributed by atoms with E-state index in [-0.39, 0.29) is 37.7 Å². The lowest BCUT2D eigenvalue weighted by Gasteiger charge is -2.22. The standard InChI is InChI=1S/C22H20BrN5O6S/c1-13-2-5-18(13)35(29,30)28-20-19(14-3-4-16-17(8-14)34-12-33-16)21(27-11-26-20)31-6-7-32-22-24-9-15(23)10-25-22/h3-4,8-11H,2,5-7,12H2,1H3,(H,26,27,28). The highest BCUT2D eigenvalue weighted by molar-refractivity contribution is 9.10. The van der Waals surface area contributed by atoms with Crippen molar-refractivity contribution in [3.8, 4) is 34.5 Å². The third-order valence-corrected chi connectivity index (χ3v) is 7.46. The van der Waals surface area contributed by atoms with Gasteiger partial charge in [-0.25, -0.2) is 28.4 Å². The minimum absolute atomic E-state index is 0.0956. The normalized spacial score (nSPS) is 14.5. The number of nitrogens with zero attached hydrogens (tertiary/aromatic N) is 4. The highest BCUT2D eigenvalue weighted by Crippen LogP contribution is 2.41. The van der Waals surface area contributed by atoms with Gasteiger partial charge in [-0.2, -0.15) is 0 Å². The monoisotopic (exact) mass is 561 g/mol. The molecule has 0 amide bonds. The van der Waals surface area contributed by atoms with Crippen LogP contribution in [0.1, 0.15) is 19.8 Å². The average molecular weight is 562 g/mol. The van der Waals surface area contributed by atoms with Crippen molar-refractivity contribution >= 4 is 31.8 Å². The summed E-state index contributed by atoms with van der Waals surface area (Å²) in [6.45, 7) is 2.15. The highest BCUT2D eigenvalue weighted by atomic mass is 79.9. The van der Waals surface area contributed by atoms with Crippen molar-refractivity contribution in [3.63, 3.8) is 0 Å². The van der Waals surface area contributed by atoms with Gasteiger partial charge in [-0.05, 0) is 53.4 Å². The molecular weight excluding hydrogens is 542 g/mol. The molecule has 0 fully saturated rings. The summed E-state index contributed by atoms with van der Waals surface area (Å²) >= 11 is 3.27. The molecule has 0 saturated heterocycles. The molecule has 0 radical (unpaired) electrons. The Labute approximate surface area is 209 Å². The van der Waals surface area contributed by atoms with Crippen LogP contribution in [0.25, 0.3) is 11.1 Å². The maximum atomic E-state index is 13.0. The van der Waals surface area contributed by atoms with Crippen LogP contribution in [0.3, 0.4) is 0 Å². The fourth-order valence-electron chi connectivity index (χ4n) is 3.54. The van der Waals surface area contributed by atoms with Crippen LogP contribution in [-0.2, 0) is 10.0 Å². The van der Waals surface area contributed by atoms with Gasteiger partial charge in [0, 0.05) is 12.4 Å². The van der Waals surface area contributed by atoms with Crippen LogP contribution in [0.4, 0.5) is 5.82 Å². The number of ether oxygens (including phenoxy) is 4. The van der Waals surface area contributed by atoms with Gasteiger partial charge in [-0.3, -0.25) is 4.72 Å². The molecular formula is C22H20BrN5O6S. The summed E-state index contributed by atoms with van der Waals surface area (Å²) in [6, 6.07) is 5.43. The molecule has 2 aromatic heterocycles. The first kappa shape index (κ1) is 23.3. The number of fused-ring (bicyclic) bond motifs is 1. The zero-order chi connectivity index (χ0) is 24.4. The summed E-state index contributed by atoms with van der Waals surface area (Å²) in [7, 11) is -3.77. The first-order valence-corrected chi connectivity index (χ1v) is 12.9. The Morgan fingerprint density at radius 1 is 1.03 bits per heavy atom. The largest absolute Gasteiger partial charge is 0.473 e. The second-order valence-corrected chi connectivity index (χ2v) is 10.3. The predicted octanol–water partition coefficient (Wildman–Crippen LogP) is 3.69. The minimum Gasteiger partial charge on any atom is -0.473 e. The summed E-state index contributed by atoms with van der Waals surface area (Å²) in [5.74, 6) is 1.39. The second-order valence-electron chi connectivity index (χ2n) is 7.66. The zero-order valence-electron chi connectivity index (χ0n) is 18.5. The molecule has 1 aliphatic carbocycles. The Bertz CT molecular complexity index is 1400. The van der Waals surface area contributed by atoms with Crippen LogP contribution in [-0.4, -0.2) is 48.4 Å². The molecule has 5 rings (SSSR count). The lowest BCUT2D eigenvalue weighted by Crippen LogP contribution is -2.22. The maximum Gasteiger partial charge on any atom is 0.316 e. The number of benzene rings is 1. The van der Waals surface area contributed by atoms with Gasteiger partial charge in [0.2, 0.25) is 12.7 Å². The van der Waals surface area contributed by atoms with Gasteiger partial charge in [0.15, 0.2) is 17.3 Å². The Balaban J connectivity index is 1.42. The van der Waals surface area contributed by atoms with Crippen molar-refractivity contribution in [2.24, 2.45) is 0 Å². The first-order valence-electron chi connectivity index (χ1n) is 10.6. The maximum absolute atomic E-state index is 13.0. The van der Waals surface area contributed by atoms with Crippen LogP contribution in [0, 0.1) is 0 Å². The molecule has 0 bridgehead atoms. The van der Waals surface area contributed by atoms with E-state index in [4.69, 9.17) is 18.9 Å². The van der Waals surface area contributed by atoms with Crippen molar-refractivity contribution in [1.82, 2.24) is 19.9 Å². The van der Waals surface area contributed by atoms with Crippen molar-refractivity contribution in [3.05, 3.63) is 51.9 Å². The molecule has 3 heterocycles. The van der Waals surface area contributed by atoms with Crippen LogP contribution in [0.15, 0.2) is 51.9 Å². The molecule has 3 aromatic rings. The number of aromatic nitrogens is 4. The molecule has 13 heteroatoms. The van der Waals surface area contributed by atoms with Gasteiger partial charge in [-0.15, -0.1) is 0 Å². The van der Waals surface area contributed by atoms with Crippen molar-refractivity contribution in [2.45, 2.75) is 19.8 Å². The van der Waals surface area contributed by atoms with Gasteiger partial charge in [-0.1, -0.05) is 11.6 Å². The smallest absolute Gasteiger partial charge is 0.316 e. The molecule has 35 heavy (non-hydrogen) atoms. The predicted molar refractivity (Wildman–Crippen MR) is 129 cm³/mol. The molecule has 1 aromatic carbocycles. The van der Waals surface area contributed by atoms with Crippen LogP contribution in [0.5, 0.6) is 23.4 Å². The highest BCUT2D eigenvalue weighted by Gasteiger charge is 2.29. The molecule has 1 aliphatic heterocycles. The Morgan fingerprint density at radius 2 is 1.80 bits per heavy atom. The molecule has 2 aliphatic rings. The van der Waals surface area contributed by atoms with Gasteiger partial charge < -0.3 is 18.9 Å². The van der Waals surface area contributed by atoms with E-state index < -0.39 is 10.0 Å². The van der Waals surface area contributed by atoms with E-state index in [1.165, 1.54) is 6.33 Å². The lowest BCUT2D eigenvalue weighted by molar-refractivity contribution is 0.174. The minimum atomic E-state index is -3.77. The van der Waals surface area contributed by atoms with Crippen molar-refractivity contribution in [2.75, 3.05) is 24.7 Å². The number of anilines is 1. The van der Waals surface area contributed by atoms with Gasteiger partial charge in [0.1, 0.15) is 19.5 Å². The third kappa shape index (κ3) is 5.00. The second kappa shape index (κ2) is 9.66. The van der Waals surface area contributed by atoms with E-state index in [9.17, 15) is 8.42 Å². The topological polar surface area (TPSA) is 135 Å². The summed E-state index contributed by atoms with van der Waals surface area (Å²) in [5, 5.41) is 0. The SMILES string of the molecule is CC1=C(S(=O)(=O)Nc2ncnc(OCCOc3ncc(Br)cn3)c2-c2ccc3c(c2)OCO3)CC1. The number of hydrogen-bond acceptors (Lipinski definition) is 10. The van der Waals surface area contributed by atoms with Crippen LogP contribution < -0.4 is 23.7 Å².